The minimum atomic E-state index is -0.281. The second-order valence-electron chi connectivity index (χ2n) is 8.01. The molecule has 2 aliphatic heterocycles. The second kappa shape index (κ2) is 6.35. The highest BCUT2D eigenvalue weighted by atomic mass is 16.6. The number of piperidine rings is 1. The van der Waals surface area contributed by atoms with E-state index in [1.807, 2.05) is 0 Å². The molecule has 9 heteroatoms. The van der Waals surface area contributed by atoms with E-state index in [1.54, 1.807) is 26.9 Å². The summed E-state index contributed by atoms with van der Waals surface area (Å²) in [7, 11) is 1.43. The van der Waals surface area contributed by atoms with Gasteiger partial charge in [0.2, 0.25) is 0 Å². The highest BCUT2D eigenvalue weighted by Crippen LogP contribution is 2.63. The number of methoxy groups -OCH3 is 1. The molecule has 28 heavy (non-hydrogen) atoms. The molecule has 3 heterocycles. The van der Waals surface area contributed by atoms with Gasteiger partial charge in [0.25, 0.3) is 0 Å². The van der Waals surface area contributed by atoms with Crippen molar-refractivity contribution in [2.75, 3.05) is 26.7 Å². The molecule has 3 fully saturated rings. The molecule has 5 rings (SSSR count). The first-order chi connectivity index (χ1) is 13.6. The highest BCUT2D eigenvalue weighted by molar-refractivity contribution is 5.71. The van der Waals surface area contributed by atoms with E-state index in [-0.39, 0.29) is 29.7 Å². The van der Waals surface area contributed by atoms with Gasteiger partial charge in [0.05, 0.1) is 32.4 Å². The van der Waals surface area contributed by atoms with E-state index in [0.29, 0.717) is 19.0 Å². The Balaban J connectivity index is 1.21. The Hall–Kier alpha value is -2.84. The van der Waals surface area contributed by atoms with Gasteiger partial charge in [-0.05, 0) is 24.3 Å². The van der Waals surface area contributed by atoms with Crippen LogP contribution in [-0.2, 0) is 16.0 Å². The van der Waals surface area contributed by atoms with Crippen molar-refractivity contribution < 1.29 is 19.1 Å². The van der Waals surface area contributed by atoms with Crippen molar-refractivity contribution in [2.24, 2.45) is 11.3 Å². The topological polar surface area (TPSA) is 89.8 Å². The van der Waals surface area contributed by atoms with E-state index >= 15 is 0 Å². The van der Waals surface area contributed by atoms with Crippen LogP contribution in [0.4, 0.5) is 9.59 Å². The van der Waals surface area contributed by atoms with Crippen molar-refractivity contribution >= 4 is 12.2 Å². The third-order valence-corrected chi connectivity index (χ3v) is 6.40. The van der Waals surface area contributed by atoms with E-state index in [2.05, 4.69) is 28.5 Å². The lowest BCUT2D eigenvalue weighted by atomic mass is 9.88. The smallest absolute Gasteiger partial charge is 0.410 e. The number of hydrogen-bond acceptors (Lipinski definition) is 6. The van der Waals surface area contributed by atoms with Gasteiger partial charge in [0.15, 0.2) is 0 Å². The average Bonchev–Trinajstić information content (AvgIpc) is 3.10. The van der Waals surface area contributed by atoms with E-state index in [1.165, 1.54) is 12.7 Å². The summed E-state index contributed by atoms with van der Waals surface area (Å²) < 4.78 is 12.0. The van der Waals surface area contributed by atoms with Crippen LogP contribution in [0.25, 0.3) is 0 Å². The first-order valence-corrected chi connectivity index (χ1v) is 9.62. The lowest BCUT2D eigenvalue weighted by molar-refractivity contribution is 0.121. The maximum absolute atomic E-state index is 12.3. The van der Waals surface area contributed by atoms with Crippen molar-refractivity contribution in [3.8, 4) is 0 Å². The molecule has 3 unspecified atom stereocenters. The van der Waals surface area contributed by atoms with Gasteiger partial charge in [-0.1, -0.05) is 23.4 Å². The van der Waals surface area contributed by atoms with Gasteiger partial charge < -0.3 is 14.4 Å². The van der Waals surface area contributed by atoms with Crippen LogP contribution >= 0.6 is 0 Å². The summed E-state index contributed by atoms with van der Waals surface area (Å²) in [5.74, 6) is 0.517. The van der Waals surface area contributed by atoms with Gasteiger partial charge in [-0.2, -0.15) is 0 Å². The molecule has 4 atom stereocenters. The lowest BCUT2D eigenvalue weighted by Gasteiger charge is -2.27. The number of ether oxygens (including phenoxy) is 2. The summed E-state index contributed by atoms with van der Waals surface area (Å²) in [5, 5.41) is 7.71. The summed E-state index contributed by atoms with van der Waals surface area (Å²) in [6.45, 7) is 2.54. The summed E-state index contributed by atoms with van der Waals surface area (Å²) in [4.78, 5) is 27.7. The number of likely N-dealkylation sites (tertiary alicyclic amines) is 1. The van der Waals surface area contributed by atoms with Gasteiger partial charge in [-0.25, -0.2) is 14.3 Å². The number of hydrogen-bond donors (Lipinski definition) is 0. The van der Waals surface area contributed by atoms with Crippen LogP contribution < -0.4 is 0 Å². The average molecular weight is 385 g/mol. The molecule has 148 valence electrons. The van der Waals surface area contributed by atoms with Crippen LogP contribution in [0.15, 0.2) is 36.2 Å². The molecule has 1 saturated carbocycles. The molecule has 0 spiro atoms. The third-order valence-electron chi connectivity index (χ3n) is 6.40. The van der Waals surface area contributed by atoms with E-state index in [9.17, 15) is 9.59 Å². The zero-order valence-corrected chi connectivity index (χ0v) is 15.7. The van der Waals surface area contributed by atoms with Crippen molar-refractivity contribution in [3.05, 3.63) is 36.2 Å². The van der Waals surface area contributed by atoms with Crippen LogP contribution in [0.2, 0.25) is 0 Å². The summed E-state index contributed by atoms with van der Waals surface area (Å²) in [5.41, 5.74) is 1.36. The number of carbonyl (C=O) groups excluding carboxylic acids is 2. The van der Waals surface area contributed by atoms with Crippen LogP contribution in [-0.4, -0.2) is 75.9 Å². The van der Waals surface area contributed by atoms with Crippen molar-refractivity contribution in [1.82, 2.24) is 24.8 Å². The molecule has 0 bridgehead atoms. The Morgan fingerprint density at radius 1 is 1.43 bits per heavy atom. The first kappa shape index (κ1) is 17.3. The molecule has 0 aromatic carbocycles. The number of allylic oxidation sites excluding steroid dienone is 1. The van der Waals surface area contributed by atoms with Crippen molar-refractivity contribution in [3.63, 3.8) is 0 Å². The molecule has 2 aliphatic carbocycles. The fourth-order valence-corrected chi connectivity index (χ4v) is 4.85. The monoisotopic (exact) mass is 385 g/mol. The van der Waals surface area contributed by atoms with Gasteiger partial charge in [-0.3, -0.25) is 4.90 Å². The Morgan fingerprint density at radius 2 is 2.32 bits per heavy atom. The Morgan fingerprint density at radius 3 is 3.04 bits per heavy atom. The van der Waals surface area contributed by atoms with Crippen LogP contribution in [0.3, 0.4) is 0 Å². The maximum atomic E-state index is 12.3. The molecule has 1 aromatic heterocycles. The zero-order chi connectivity index (χ0) is 19.3. The number of nitrogens with zero attached hydrogens (tertiary/aromatic N) is 5. The fraction of sp³-hybridized carbons (Fsp3) is 0.579. The molecule has 2 amide bonds. The van der Waals surface area contributed by atoms with E-state index < -0.39 is 0 Å². The minimum absolute atomic E-state index is 0.00343. The number of carbonyl (C=O) groups is 2. The number of cyclic esters (lactones) is 1. The fourth-order valence-electron chi connectivity index (χ4n) is 4.85. The molecular weight excluding hydrogens is 362 g/mol. The lowest BCUT2D eigenvalue weighted by Crippen LogP contribution is -2.36. The number of amides is 2. The Bertz CT molecular complexity index is 851. The molecule has 2 saturated heterocycles. The Labute approximate surface area is 162 Å². The van der Waals surface area contributed by atoms with Crippen molar-refractivity contribution in [2.45, 2.75) is 31.5 Å². The van der Waals surface area contributed by atoms with Crippen molar-refractivity contribution in [1.29, 1.82) is 0 Å². The van der Waals surface area contributed by atoms with E-state index in [0.717, 1.165) is 25.9 Å². The first-order valence-electron chi connectivity index (χ1n) is 9.62. The molecule has 4 aliphatic rings. The summed E-state index contributed by atoms with van der Waals surface area (Å²) >= 11 is 0. The quantitative estimate of drug-likeness (QED) is 0.779. The summed E-state index contributed by atoms with van der Waals surface area (Å²) in [6.07, 6.45) is 11.0. The highest BCUT2D eigenvalue weighted by Gasteiger charge is 2.62. The molecule has 9 nitrogen and oxygen atoms in total. The third kappa shape index (κ3) is 2.76. The molecule has 0 radical (unpaired) electrons. The predicted octanol–water partition coefficient (Wildman–Crippen LogP) is 1.44. The Kier molecular flexibility index (Phi) is 3.92. The normalized spacial score (nSPS) is 33.5. The standard InChI is InChI=1S/C19H23N5O4/c1-27-17(25)22-9-14-8-19(14,12-22)13-2-4-15(5-3-13)24-11-16(28-18(24)26)10-23-7-6-20-21-23/h2-4,6-7,14-16H,5,8-12H2,1H3/t14?,15?,16-,19?/m0/s1. The molecule has 1 aromatic rings. The molecule has 0 N–H and O–H groups in total. The van der Waals surface area contributed by atoms with Gasteiger partial charge in [0.1, 0.15) is 6.10 Å². The number of rotatable bonds is 4. The number of fused-ring (bicyclic) bond motifs is 1. The zero-order valence-electron chi connectivity index (χ0n) is 15.7. The SMILES string of the molecule is COC(=O)N1CC2CC2(C2=CCC(N3C[C@H](Cn4ccnn4)OC3=O)C=C2)C1. The minimum Gasteiger partial charge on any atom is -0.453 e. The predicted molar refractivity (Wildman–Crippen MR) is 97.1 cm³/mol. The van der Waals surface area contributed by atoms with Crippen LogP contribution in [0.1, 0.15) is 12.8 Å². The molecular formula is C19H23N5O4. The second-order valence-corrected chi connectivity index (χ2v) is 8.01. The summed E-state index contributed by atoms with van der Waals surface area (Å²) in [6, 6.07) is 0.00343. The number of aromatic nitrogens is 3. The maximum Gasteiger partial charge on any atom is 0.410 e. The largest absolute Gasteiger partial charge is 0.453 e. The van der Waals surface area contributed by atoms with Gasteiger partial charge >= 0.3 is 12.2 Å². The van der Waals surface area contributed by atoms with E-state index in [4.69, 9.17) is 9.47 Å². The van der Waals surface area contributed by atoms with Crippen LogP contribution in [0, 0.1) is 11.3 Å². The van der Waals surface area contributed by atoms with Gasteiger partial charge in [-0.15, -0.1) is 5.10 Å². The van der Waals surface area contributed by atoms with Crippen LogP contribution in [0.5, 0.6) is 0 Å². The van der Waals surface area contributed by atoms with Gasteiger partial charge in [0, 0.05) is 24.7 Å².